The molecule has 2 aliphatic heterocycles. The van der Waals surface area contributed by atoms with Gasteiger partial charge in [0, 0.05) is 31.7 Å². The highest BCUT2D eigenvalue weighted by molar-refractivity contribution is 7.89. The summed E-state index contributed by atoms with van der Waals surface area (Å²) < 4.78 is 42.0. The van der Waals surface area contributed by atoms with Gasteiger partial charge in [0.1, 0.15) is 16.9 Å². The fourth-order valence-electron chi connectivity index (χ4n) is 6.94. The molecule has 1 aromatic heterocycles. The summed E-state index contributed by atoms with van der Waals surface area (Å²) in [6.45, 7) is 4.36. The van der Waals surface area contributed by atoms with E-state index in [-0.39, 0.29) is 33.9 Å². The quantitative estimate of drug-likeness (QED) is 0.432. The Kier molecular flexibility index (Phi) is 5.06. The number of likely N-dealkylation sites (tertiary alicyclic amines) is 1. The monoisotopic (exact) mass is 531 g/mol. The van der Waals surface area contributed by atoms with Crippen LogP contribution in [0, 0.1) is 29.0 Å². The number of benzene rings is 3. The fraction of sp³-hybridized carbons (Fsp3) is 0.321. The second-order valence-corrected chi connectivity index (χ2v) is 12.9. The lowest BCUT2D eigenvalue weighted by molar-refractivity contribution is -0.0363. The predicted molar refractivity (Wildman–Crippen MR) is 139 cm³/mol. The molecule has 0 unspecified atom stereocenters. The summed E-state index contributed by atoms with van der Waals surface area (Å²) >= 11 is 0. The van der Waals surface area contributed by atoms with Crippen LogP contribution in [0.5, 0.6) is 0 Å². The van der Waals surface area contributed by atoms with E-state index in [9.17, 15) is 17.6 Å². The van der Waals surface area contributed by atoms with Gasteiger partial charge in [0.15, 0.2) is 0 Å². The number of halogens is 1. The maximum atomic E-state index is 13.5. The summed E-state index contributed by atoms with van der Waals surface area (Å²) in [5.74, 6) is 0.456. The van der Waals surface area contributed by atoms with E-state index in [1.54, 1.807) is 58.9 Å². The minimum atomic E-state index is -3.65. The molecule has 3 heterocycles. The molecule has 0 bridgehead atoms. The Bertz CT molecular complexity index is 1670. The van der Waals surface area contributed by atoms with E-state index in [2.05, 4.69) is 22.3 Å². The number of hydrogen-bond acceptors (Lipinski definition) is 5. The van der Waals surface area contributed by atoms with Crippen molar-refractivity contribution >= 4 is 27.0 Å². The van der Waals surface area contributed by atoms with Crippen LogP contribution in [-0.2, 0) is 10.0 Å². The second kappa shape index (κ2) is 8.18. The van der Waals surface area contributed by atoms with Gasteiger partial charge < -0.3 is 4.90 Å². The number of amides is 1. The van der Waals surface area contributed by atoms with E-state index >= 15 is 0 Å². The van der Waals surface area contributed by atoms with Gasteiger partial charge in [-0.2, -0.15) is 19.7 Å². The van der Waals surface area contributed by atoms with E-state index in [0.717, 1.165) is 16.6 Å². The van der Waals surface area contributed by atoms with Crippen molar-refractivity contribution in [2.45, 2.75) is 11.8 Å². The van der Waals surface area contributed by atoms with Gasteiger partial charge in [0.05, 0.1) is 4.90 Å². The Labute approximate surface area is 219 Å². The van der Waals surface area contributed by atoms with Crippen molar-refractivity contribution in [3.05, 3.63) is 78.1 Å². The van der Waals surface area contributed by atoms with Gasteiger partial charge >= 0.3 is 0 Å². The molecule has 1 N–H and O–H groups in total. The Morgan fingerprint density at radius 2 is 1.58 bits per heavy atom. The molecular formula is C28H26FN5O3S. The van der Waals surface area contributed by atoms with Gasteiger partial charge in [-0.05, 0) is 76.8 Å². The van der Waals surface area contributed by atoms with Crippen molar-refractivity contribution in [1.82, 2.24) is 24.6 Å². The number of aromatic amines is 1. The zero-order valence-electron chi connectivity index (χ0n) is 20.7. The number of carbonyl (C=O) groups is 1. The van der Waals surface area contributed by atoms with Crippen LogP contribution in [0.25, 0.3) is 22.2 Å². The minimum Gasteiger partial charge on any atom is -0.338 e. The Morgan fingerprint density at radius 1 is 0.921 bits per heavy atom. The molecule has 1 saturated carbocycles. The number of fused-ring (bicyclic) bond motifs is 5. The highest BCUT2D eigenvalue weighted by Gasteiger charge is 2.67. The van der Waals surface area contributed by atoms with E-state index in [0.29, 0.717) is 43.2 Å². The lowest BCUT2D eigenvalue weighted by Crippen LogP contribution is -2.53. The molecule has 1 amide bonds. The number of carbonyl (C=O) groups excluding carboxylic acids is 1. The molecule has 4 atom stereocenters. The van der Waals surface area contributed by atoms with E-state index < -0.39 is 10.0 Å². The van der Waals surface area contributed by atoms with Crippen LogP contribution in [0.15, 0.2) is 71.6 Å². The first-order chi connectivity index (χ1) is 18.2. The van der Waals surface area contributed by atoms with Gasteiger partial charge in [-0.15, -0.1) is 0 Å². The third kappa shape index (κ3) is 3.43. The van der Waals surface area contributed by atoms with Gasteiger partial charge in [-0.25, -0.2) is 12.8 Å². The summed E-state index contributed by atoms with van der Waals surface area (Å²) in [4.78, 5) is 15.4. The molecule has 10 heteroatoms. The average Bonchev–Trinajstić information content (AvgIpc) is 3.63. The van der Waals surface area contributed by atoms with E-state index in [4.69, 9.17) is 0 Å². The highest BCUT2D eigenvalue weighted by atomic mass is 32.2. The summed E-state index contributed by atoms with van der Waals surface area (Å²) in [5, 5.41) is 10.7. The first-order valence-corrected chi connectivity index (χ1v) is 14.1. The third-order valence-corrected chi connectivity index (χ3v) is 10.8. The van der Waals surface area contributed by atoms with Crippen molar-refractivity contribution in [3.63, 3.8) is 0 Å². The van der Waals surface area contributed by atoms with Crippen LogP contribution < -0.4 is 0 Å². The Morgan fingerprint density at radius 3 is 2.32 bits per heavy atom. The molecule has 194 valence electrons. The summed E-state index contributed by atoms with van der Waals surface area (Å²) in [6, 6.07) is 18.3. The molecule has 4 aromatic rings. The standard InChI is InChI=1S/C28H26FN5O3S/c1-28-16-34(38(36,37)21-9-4-18(5-10-21)17-2-7-20(29)8-3-17)15-24(28)22-13-33(14-23(22)28)27(35)19-6-11-25-26(12-19)31-32-30-25/h2-12,22-24H,13-16H2,1H3,(H,30,31,32)/t22-,23+,24+,28-/m1/s1. The maximum Gasteiger partial charge on any atom is 0.253 e. The lowest BCUT2D eigenvalue weighted by atomic mass is 9.50. The van der Waals surface area contributed by atoms with E-state index in [1.807, 2.05) is 4.90 Å². The Hall–Kier alpha value is -3.63. The van der Waals surface area contributed by atoms with Crippen LogP contribution in [-0.4, -0.2) is 65.1 Å². The summed E-state index contributed by atoms with van der Waals surface area (Å²) in [5.41, 5.74) is 3.48. The first kappa shape index (κ1) is 23.5. The third-order valence-electron chi connectivity index (χ3n) is 9.01. The number of nitrogens with one attached hydrogen (secondary N) is 1. The van der Waals surface area contributed by atoms with Crippen LogP contribution in [0.4, 0.5) is 4.39 Å². The zero-order chi connectivity index (χ0) is 26.2. The number of hydrogen-bond donors (Lipinski definition) is 1. The van der Waals surface area contributed by atoms with Crippen molar-refractivity contribution in [2.24, 2.45) is 23.2 Å². The number of rotatable bonds is 4. The van der Waals surface area contributed by atoms with Crippen LogP contribution in [0.2, 0.25) is 0 Å². The molecule has 7 rings (SSSR count). The average molecular weight is 532 g/mol. The molecule has 0 spiro atoms. The lowest BCUT2D eigenvalue weighted by Gasteiger charge is -2.52. The second-order valence-electron chi connectivity index (χ2n) is 10.9. The SMILES string of the molecule is C[C@]12CN(S(=O)(=O)c3ccc(-c4ccc(F)cc4)cc3)C[C@H]1[C@@H]1CN(C(=O)c3ccc4n[nH]nc4c3)C[C@@H]12. The molecule has 3 aliphatic rings. The molecule has 38 heavy (non-hydrogen) atoms. The molecule has 2 saturated heterocycles. The molecule has 1 aliphatic carbocycles. The minimum absolute atomic E-state index is 0.0169. The normalized spacial score (nSPS) is 26.8. The number of aromatic nitrogens is 3. The summed E-state index contributed by atoms with van der Waals surface area (Å²) in [7, 11) is -3.65. The number of nitrogens with zero attached hydrogens (tertiary/aromatic N) is 4. The smallest absolute Gasteiger partial charge is 0.253 e. The van der Waals surface area contributed by atoms with Crippen molar-refractivity contribution in [2.75, 3.05) is 26.2 Å². The predicted octanol–water partition coefficient (Wildman–Crippen LogP) is 3.79. The topological polar surface area (TPSA) is 99.3 Å². The fourth-order valence-corrected chi connectivity index (χ4v) is 8.52. The number of H-pyrrole nitrogens is 1. The maximum absolute atomic E-state index is 13.5. The largest absolute Gasteiger partial charge is 0.338 e. The van der Waals surface area contributed by atoms with Gasteiger partial charge in [0.25, 0.3) is 5.91 Å². The van der Waals surface area contributed by atoms with Crippen molar-refractivity contribution in [3.8, 4) is 11.1 Å². The molecular weight excluding hydrogens is 505 g/mol. The molecule has 3 fully saturated rings. The molecule has 0 radical (unpaired) electrons. The first-order valence-electron chi connectivity index (χ1n) is 12.7. The van der Waals surface area contributed by atoms with E-state index in [1.165, 1.54) is 12.1 Å². The van der Waals surface area contributed by atoms with Crippen LogP contribution in [0.3, 0.4) is 0 Å². The van der Waals surface area contributed by atoms with Gasteiger partial charge in [-0.1, -0.05) is 31.2 Å². The van der Waals surface area contributed by atoms with Crippen molar-refractivity contribution < 1.29 is 17.6 Å². The molecule has 8 nitrogen and oxygen atoms in total. The number of sulfonamides is 1. The highest BCUT2D eigenvalue weighted by Crippen LogP contribution is 2.63. The summed E-state index contributed by atoms with van der Waals surface area (Å²) in [6.07, 6.45) is 0. The zero-order valence-corrected chi connectivity index (χ0v) is 21.5. The van der Waals surface area contributed by atoms with Crippen LogP contribution in [0.1, 0.15) is 17.3 Å². The Balaban J connectivity index is 1.06. The molecule has 3 aromatic carbocycles. The van der Waals surface area contributed by atoms with Crippen LogP contribution >= 0.6 is 0 Å². The van der Waals surface area contributed by atoms with Crippen molar-refractivity contribution in [1.29, 1.82) is 0 Å². The van der Waals surface area contributed by atoms with Gasteiger partial charge in [0.2, 0.25) is 10.0 Å². The van der Waals surface area contributed by atoms with Gasteiger partial charge in [-0.3, -0.25) is 4.79 Å².